The van der Waals surface area contributed by atoms with Gasteiger partial charge in [0.05, 0.1) is 5.69 Å². The topological polar surface area (TPSA) is 3.24 Å². The van der Waals surface area contributed by atoms with Crippen LogP contribution >= 0.6 is 0 Å². The summed E-state index contributed by atoms with van der Waals surface area (Å²) in [6, 6.07) is 49.9. The Bertz CT molecular complexity index is 2130. The van der Waals surface area contributed by atoms with E-state index in [0.717, 1.165) is 0 Å². The highest BCUT2D eigenvalue weighted by Crippen LogP contribution is 2.56. The Balaban J connectivity index is 1.41. The molecule has 0 N–H and O–H groups in total. The van der Waals surface area contributed by atoms with Gasteiger partial charge in [-0.3, -0.25) is 0 Å². The molecule has 0 atom stereocenters. The Morgan fingerprint density at radius 2 is 1.07 bits per heavy atom. The van der Waals surface area contributed by atoms with Crippen LogP contribution in [0.1, 0.15) is 75.3 Å². The van der Waals surface area contributed by atoms with Gasteiger partial charge in [-0.25, -0.2) is 0 Å². The van der Waals surface area contributed by atoms with E-state index < -0.39 is 0 Å². The molecule has 0 amide bonds. The van der Waals surface area contributed by atoms with Crippen molar-refractivity contribution in [3.63, 3.8) is 0 Å². The minimum atomic E-state index is -0.0844. The predicted octanol–water partition coefficient (Wildman–Crippen LogP) is 12.6. The van der Waals surface area contributed by atoms with E-state index >= 15 is 0 Å². The molecular weight excluding hydrogens is 555 g/mol. The number of benzene rings is 6. The summed E-state index contributed by atoms with van der Waals surface area (Å²) in [6.07, 6.45) is 0. The Morgan fingerprint density at radius 1 is 0.457 bits per heavy atom. The van der Waals surface area contributed by atoms with Gasteiger partial charge in [0, 0.05) is 27.8 Å². The average Bonchev–Trinajstić information content (AvgIpc) is 3.45. The third-order valence-electron chi connectivity index (χ3n) is 10.6. The molecule has 0 bridgehead atoms. The Kier molecular flexibility index (Phi) is 6.41. The van der Waals surface area contributed by atoms with Crippen LogP contribution in [0.2, 0.25) is 0 Å². The summed E-state index contributed by atoms with van der Waals surface area (Å²) in [5, 5.41) is 0. The lowest BCUT2D eigenvalue weighted by Gasteiger charge is -2.32. The third kappa shape index (κ3) is 4.14. The summed E-state index contributed by atoms with van der Waals surface area (Å²) in [5.41, 5.74) is 18.3. The lowest BCUT2D eigenvalue weighted by atomic mass is 9.82. The summed E-state index contributed by atoms with van der Waals surface area (Å²) in [4.78, 5) is 2.56. The number of hydrogen-bond acceptors (Lipinski definition) is 1. The van der Waals surface area contributed by atoms with Crippen molar-refractivity contribution in [2.24, 2.45) is 0 Å². The van der Waals surface area contributed by atoms with Crippen molar-refractivity contribution in [1.29, 1.82) is 0 Å². The molecule has 2 aliphatic rings. The van der Waals surface area contributed by atoms with Crippen molar-refractivity contribution < 1.29 is 0 Å². The van der Waals surface area contributed by atoms with Crippen molar-refractivity contribution in [2.45, 2.75) is 58.3 Å². The first kappa shape index (κ1) is 28.6. The van der Waals surface area contributed by atoms with Gasteiger partial charge in [-0.1, -0.05) is 145 Å². The maximum atomic E-state index is 2.56. The predicted molar refractivity (Wildman–Crippen MR) is 196 cm³/mol. The first-order valence-corrected chi connectivity index (χ1v) is 16.6. The highest BCUT2D eigenvalue weighted by Gasteiger charge is 2.39. The second kappa shape index (κ2) is 10.3. The van der Waals surface area contributed by atoms with Crippen LogP contribution in [0, 0.1) is 0 Å². The molecule has 226 valence electrons. The number of anilines is 3. The van der Waals surface area contributed by atoms with E-state index in [-0.39, 0.29) is 10.8 Å². The third-order valence-corrected chi connectivity index (χ3v) is 10.6. The van der Waals surface area contributed by atoms with Crippen LogP contribution in [-0.2, 0) is 10.8 Å². The van der Waals surface area contributed by atoms with Crippen molar-refractivity contribution in [2.75, 3.05) is 4.90 Å². The number of rotatable bonds is 5. The summed E-state index contributed by atoms with van der Waals surface area (Å²) >= 11 is 0. The fourth-order valence-electron chi connectivity index (χ4n) is 8.19. The van der Waals surface area contributed by atoms with E-state index in [9.17, 15) is 0 Å². The van der Waals surface area contributed by atoms with Crippen molar-refractivity contribution >= 4 is 17.1 Å². The highest BCUT2D eigenvalue weighted by molar-refractivity contribution is 5.96. The quantitative estimate of drug-likeness (QED) is 0.192. The van der Waals surface area contributed by atoms with Crippen LogP contribution < -0.4 is 4.90 Å². The summed E-state index contributed by atoms with van der Waals surface area (Å²) in [5.74, 6) is 0.330. The van der Waals surface area contributed by atoms with Crippen molar-refractivity contribution in [3.8, 4) is 33.4 Å². The zero-order valence-electron chi connectivity index (χ0n) is 27.7. The van der Waals surface area contributed by atoms with Gasteiger partial charge in [-0.15, -0.1) is 0 Å². The molecule has 0 spiro atoms. The van der Waals surface area contributed by atoms with E-state index in [4.69, 9.17) is 0 Å². The first-order chi connectivity index (χ1) is 22.2. The van der Waals surface area contributed by atoms with E-state index in [1.54, 1.807) is 0 Å². The van der Waals surface area contributed by atoms with E-state index in [0.29, 0.717) is 5.92 Å². The van der Waals surface area contributed by atoms with Gasteiger partial charge in [-0.05, 0) is 91.9 Å². The van der Waals surface area contributed by atoms with Gasteiger partial charge in [0.25, 0.3) is 0 Å². The van der Waals surface area contributed by atoms with Gasteiger partial charge in [0.15, 0.2) is 0 Å². The van der Waals surface area contributed by atoms with Crippen molar-refractivity contribution in [3.05, 3.63) is 161 Å². The van der Waals surface area contributed by atoms with Crippen LogP contribution in [0.25, 0.3) is 33.4 Å². The molecule has 6 aromatic carbocycles. The summed E-state index contributed by atoms with van der Waals surface area (Å²) in [6.45, 7) is 14.1. The van der Waals surface area contributed by atoms with Gasteiger partial charge in [0.1, 0.15) is 0 Å². The minimum absolute atomic E-state index is 0.0762. The molecule has 8 rings (SSSR count). The molecule has 0 saturated carbocycles. The molecule has 0 heterocycles. The van der Waals surface area contributed by atoms with Crippen LogP contribution in [0.5, 0.6) is 0 Å². The monoisotopic (exact) mass is 595 g/mol. The Hall–Kier alpha value is -4.88. The smallest absolute Gasteiger partial charge is 0.0543 e. The molecule has 0 fully saturated rings. The molecule has 0 aromatic heterocycles. The number of hydrogen-bond donors (Lipinski definition) is 0. The van der Waals surface area contributed by atoms with Gasteiger partial charge < -0.3 is 4.90 Å². The number of fused-ring (bicyclic) bond motifs is 6. The normalized spacial score (nSPS) is 14.8. The Labute approximate surface area is 274 Å². The molecule has 2 aliphatic carbocycles. The van der Waals surface area contributed by atoms with E-state index in [2.05, 4.69) is 180 Å². The van der Waals surface area contributed by atoms with E-state index in [1.807, 2.05) is 0 Å². The molecule has 1 heteroatoms. The summed E-state index contributed by atoms with van der Waals surface area (Å²) < 4.78 is 0. The maximum Gasteiger partial charge on any atom is 0.0543 e. The fraction of sp³-hybridized carbons (Fsp3) is 0.200. The molecule has 46 heavy (non-hydrogen) atoms. The largest absolute Gasteiger partial charge is 0.310 e. The SMILES string of the molecule is CC(C)c1cc(-c2ccccc2)ccc1N(c1ccc2c(c1)C(C)(C)c1ccccc1-2)c1cccc2c1-c1ccccc1C2(C)C. The average molecular weight is 596 g/mol. The van der Waals surface area contributed by atoms with Crippen LogP contribution in [0.15, 0.2) is 133 Å². The standard InChI is InChI=1S/C45H41N/c1-29(2)36-27-31(30-15-8-7-9-16-30)23-26-41(36)46(32-24-25-34-33-17-10-12-19-37(33)45(5,6)40(34)28-32)42-22-14-21-39-43(42)35-18-11-13-20-38(35)44(39,3)4/h7-29H,1-6H3. The van der Waals surface area contributed by atoms with E-state index in [1.165, 1.54) is 78.3 Å². The fourth-order valence-corrected chi connectivity index (χ4v) is 8.19. The molecule has 6 aromatic rings. The van der Waals surface area contributed by atoms with Crippen LogP contribution in [0.3, 0.4) is 0 Å². The molecule has 0 aliphatic heterocycles. The zero-order valence-corrected chi connectivity index (χ0v) is 27.7. The lowest BCUT2D eigenvalue weighted by Crippen LogP contribution is -2.18. The lowest BCUT2D eigenvalue weighted by molar-refractivity contribution is 0.660. The minimum Gasteiger partial charge on any atom is -0.310 e. The van der Waals surface area contributed by atoms with Crippen LogP contribution in [-0.4, -0.2) is 0 Å². The maximum absolute atomic E-state index is 2.56. The Morgan fingerprint density at radius 3 is 1.80 bits per heavy atom. The van der Waals surface area contributed by atoms with Crippen LogP contribution in [0.4, 0.5) is 17.1 Å². The molecule has 0 radical (unpaired) electrons. The summed E-state index contributed by atoms with van der Waals surface area (Å²) in [7, 11) is 0. The molecule has 1 nitrogen and oxygen atoms in total. The molecule has 0 saturated heterocycles. The zero-order chi connectivity index (χ0) is 31.8. The molecular formula is C45H41N. The molecule has 0 unspecified atom stereocenters. The highest BCUT2D eigenvalue weighted by atomic mass is 15.1. The van der Waals surface area contributed by atoms with Gasteiger partial charge >= 0.3 is 0 Å². The second-order valence-corrected chi connectivity index (χ2v) is 14.4. The van der Waals surface area contributed by atoms with Crippen molar-refractivity contribution in [1.82, 2.24) is 0 Å². The van der Waals surface area contributed by atoms with Gasteiger partial charge in [-0.2, -0.15) is 0 Å². The second-order valence-electron chi connectivity index (χ2n) is 14.4. The number of nitrogens with zero attached hydrogens (tertiary/aromatic N) is 1. The first-order valence-electron chi connectivity index (χ1n) is 16.6. The van der Waals surface area contributed by atoms with Gasteiger partial charge in [0.2, 0.25) is 0 Å².